The summed E-state index contributed by atoms with van der Waals surface area (Å²) in [5.74, 6) is 0. The van der Waals surface area contributed by atoms with E-state index in [0.717, 1.165) is 28.2 Å². The Morgan fingerprint density at radius 3 is 1.36 bits per heavy atom. The predicted octanol–water partition coefficient (Wildman–Crippen LogP) is 8.89. The van der Waals surface area contributed by atoms with E-state index in [1.165, 1.54) is 42.6 Å². The molecule has 2 aromatic heterocycles. The second kappa shape index (κ2) is 12.6. The van der Waals surface area contributed by atoms with Crippen LogP contribution in [0.15, 0.2) is 206 Å². The van der Waals surface area contributed by atoms with Crippen LogP contribution < -0.4 is 20.7 Å². The quantitative estimate of drug-likeness (QED) is 0.124. The summed E-state index contributed by atoms with van der Waals surface area (Å²) in [4.78, 5) is 5.32. The number of rotatable bonds is 7. The van der Waals surface area contributed by atoms with Crippen LogP contribution in [0, 0.1) is 0 Å². The smallest absolute Gasteiger partial charge is 0.179 e. The highest BCUT2D eigenvalue weighted by Gasteiger charge is 2.42. The van der Waals surface area contributed by atoms with Crippen molar-refractivity contribution >= 4 is 50.6 Å². The van der Waals surface area contributed by atoms with Crippen molar-refractivity contribution in [1.82, 2.24) is 9.55 Å². The van der Waals surface area contributed by atoms with E-state index in [-0.39, 0.29) is 0 Å². The molecule has 0 bridgehead atoms. The number of nitrogens with zero attached hydrogens (tertiary/aromatic N) is 2. The van der Waals surface area contributed by atoms with Crippen LogP contribution in [0.4, 0.5) is 0 Å². The second-order valence-electron chi connectivity index (χ2n) is 12.8. The molecule has 2 nitrogen and oxygen atoms in total. The summed E-state index contributed by atoms with van der Waals surface area (Å²) in [7, 11) is -2.95. The number of para-hydroxylation sites is 2. The molecule has 236 valence electrons. The molecular formula is C47H34N2Si. The number of pyridine rings is 1. The Kier molecular flexibility index (Phi) is 7.53. The molecule has 0 aliphatic carbocycles. The third-order valence-electron chi connectivity index (χ3n) is 9.93. The van der Waals surface area contributed by atoms with Gasteiger partial charge >= 0.3 is 0 Å². The van der Waals surface area contributed by atoms with Gasteiger partial charge in [0.1, 0.15) is 0 Å². The van der Waals surface area contributed by atoms with E-state index in [9.17, 15) is 0 Å². The van der Waals surface area contributed by atoms with Gasteiger partial charge in [0, 0.05) is 27.6 Å². The molecule has 3 heteroatoms. The predicted molar refractivity (Wildman–Crippen MR) is 213 cm³/mol. The normalized spacial score (nSPS) is 11.6. The Morgan fingerprint density at radius 2 is 0.800 bits per heavy atom. The number of fused-ring (bicyclic) bond motifs is 3. The fourth-order valence-corrected chi connectivity index (χ4v) is 12.5. The molecule has 9 aromatic rings. The monoisotopic (exact) mass is 654 g/mol. The van der Waals surface area contributed by atoms with Gasteiger partial charge in [0.25, 0.3) is 0 Å². The summed E-state index contributed by atoms with van der Waals surface area (Å²) in [6.07, 6.45) is 0. The summed E-state index contributed by atoms with van der Waals surface area (Å²) in [5.41, 5.74) is 7.75. The van der Waals surface area contributed by atoms with E-state index in [2.05, 4.69) is 211 Å². The zero-order valence-electron chi connectivity index (χ0n) is 27.5. The van der Waals surface area contributed by atoms with E-state index in [4.69, 9.17) is 4.98 Å². The fourth-order valence-electron chi connectivity index (χ4n) is 7.70. The first-order valence-electron chi connectivity index (χ1n) is 17.1. The van der Waals surface area contributed by atoms with Gasteiger partial charge in [-0.1, -0.05) is 170 Å². The lowest BCUT2D eigenvalue weighted by atomic mass is 10.1. The van der Waals surface area contributed by atoms with Gasteiger partial charge in [0.05, 0.1) is 22.4 Å². The summed E-state index contributed by atoms with van der Waals surface area (Å²) >= 11 is 0. The van der Waals surface area contributed by atoms with E-state index >= 15 is 0 Å². The lowest BCUT2D eigenvalue weighted by Crippen LogP contribution is -2.74. The summed E-state index contributed by atoms with van der Waals surface area (Å²) in [6, 6.07) is 75.0. The summed E-state index contributed by atoms with van der Waals surface area (Å²) in [5, 5.41) is 7.81. The van der Waals surface area contributed by atoms with Crippen LogP contribution >= 0.6 is 0 Å². The van der Waals surface area contributed by atoms with Crippen molar-refractivity contribution in [2.75, 3.05) is 0 Å². The Hall–Kier alpha value is -6.29. The lowest BCUT2D eigenvalue weighted by Gasteiger charge is -2.35. The topological polar surface area (TPSA) is 17.8 Å². The molecular weight excluding hydrogens is 621 g/mol. The van der Waals surface area contributed by atoms with Crippen molar-refractivity contribution < 1.29 is 0 Å². The number of aromatic nitrogens is 2. The largest absolute Gasteiger partial charge is 0.309 e. The minimum Gasteiger partial charge on any atom is -0.309 e. The first-order chi connectivity index (χ1) is 24.8. The van der Waals surface area contributed by atoms with Gasteiger partial charge in [-0.05, 0) is 57.1 Å². The highest BCUT2D eigenvalue weighted by atomic mass is 28.3. The first-order valence-corrected chi connectivity index (χ1v) is 19.1. The molecule has 2 heterocycles. The third kappa shape index (κ3) is 4.99. The highest BCUT2D eigenvalue weighted by molar-refractivity contribution is 7.20. The van der Waals surface area contributed by atoms with Crippen molar-refractivity contribution in [2.45, 2.75) is 0 Å². The molecule has 7 aromatic carbocycles. The average Bonchev–Trinajstić information content (AvgIpc) is 3.54. The van der Waals surface area contributed by atoms with Crippen molar-refractivity contribution in [2.24, 2.45) is 0 Å². The SMILES string of the molecule is c1ccc(-c2cc([Si](c3ccccc3)(c3ccccc3)c3ccc4c(c3)c3ccccc3n4-c3ccccc3)cc(-c3ccccc3)n2)cc1. The van der Waals surface area contributed by atoms with Crippen molar-refractivity contribution in [3.63, 3.8) is 0 Å². The molecule has 0 atom stereocenters. The minimum atomic E-state index is -2.95. The Balaban J connectivity index is 1.41. The van der Waals surface area contributed by atoms with Gasteiger partial charge in [-0.25, -0.2) is 4.98 Å². The van der Waals surface area contributed by atoms with E-state index in [0.29, 0.717) is 0 Å². The summed E-state index contributed by atoms with van der Waals surface area (Å²) in [6.45, 7) is 0. The maximum absolute atomic E-state index is 5.32. The molecule has 0 saturated carbocycles. The number of hydrogen-bond donors (Lipinski definition) is 0. The fraction of sp³-hybridized carbons (Fsp3) is 0. The van der Waals surface area contributed by atoms with E-state index in [1.807, 2.05) is 0 Å². The van der Waals surface area contributed by atoms with Gasteiger partial charge in [0.15, 0.2) is 8.07 Å². The average molecular weight is 655 g/mol. The van der Waals surface area contributed by atoms with Crippen molar-refractivity contribution in [3.8, 4) is 28.2 Å². The Bertz CT molecular complexity index is 2470. The van der Waals surface area contributed by atoms with Crippen LogP contribution in [0.2, 0.25) is 0 Å². The van der Waals surface area contributed by atoms with Crippen LogP contribution in [0.1, 0.15) is 0 Å². The molecule has 0 radical (unpaired) electrons. The maximum atomic E-state index is 5.32. The standard InChI is InChI=1S/C47H34N2Si/c1-6-18-35(19-7-1)44-33-41(34-45(48-44)36-20-8-2-9-21-36)50(38-24-12-4-13-25-38,39-26-14-5-15-27-39)40-30-31-47-43(32-40)42-28-16-17-29-46(42)49(47)37-22-10-3-11-23-37/h1-34H. The molecule has 0 unspecified atom stereocenters. The molecule has 9 rings (SSSR count). The molecule has 0 amide bonds. The molecule has 0 spiro atoms. The van der Waals surface area contributed by atoms with Crippen LogP contribution in [0.25, 0.3) is 50.0 Å². The molecule has 0 aliphatic heterocycles. The van der Waals surface area contributed by atoms with Gasteiger partial charge in [-0.15, -0.1) is 0 Å². The molecule has 0 saturated heterocycles. The van der Waals surface area contributed by atoms with Gasteiger partial charge < -0.3 is 4.57 Å². The maximum Gasteiger partial charge on any atom is 0.179 e. The molecule has 0 N–H and O–H groups in total. The summed E-state index contributed by atoms with van der Waals surface area (Å²) < 4.78 is 2.40. The lowest BCUT2D eigenvalue weighted by molar-refractivity contribution is 1.18. The second-order valence-corrected chi connectivity index (χ2v) is 16.6. The Labute approximate surface area is 293 Å². The zero-order valence-corrected chi connectivity index (χ0v) is 28.5. The number of benzene rings is 7. The van der Waals surface area contributed by atoms with Gasteiger partial charge in [-0.2, -0.15) is 0 Å². The van der Waals surface area contributed by atoms with Crippen LogP contribution in [-0.2, 0) is 0 Å². The van der Waals surface area contributed by atoms with Gasteiger partial charge in [0.2, 0.25) is 0 Å². The van der Waals surface area contributed by atoms with E-state index < -0.39 is 8.07 Å². The Morgan fingerprint density at radius 1 is 0.340 bits per heavy atom. The third-order valence-corrected chi connectivity index (χ3v) is 14.7. The van der Waals surface area contributed by atoms with Crippen molar-refractivity contribution in [1.29, 1.82) is 0 Å². The van der Waals surface area contributed by atoms with Crippen LogP contribution in [-0.4, -0.2) is 17.6 Å². The number of hydrogen-bond acceptors (Lipinski definition) is 1. The van der Waals surface area contributed by atoms with Crippen LogP contribution in [0.5, 0.6) is 0 Å². The first kappa shape index (κ1) is 29.8. The molecule has 50 heavy (non-hydrogen) atoms. The highest BCUT2D eigenvalue weighted by Crippen LogP contribution is 2.32. The van der Waals surface area contributed by atoms with Gasteiger partial charge in [-0.3, -0.25) is 0 Å². The minimum absolute atomic E-state index is 0.979. The van der Waals surface area contributed by atoms with Crippen molar-refractivity contribution in [3.05, 3.63) is 206 Å². The molecule has 0 aliphatic rings. The van der Waals surface area contributed by atoms with Crippen LogP contribution in [0.3, 0.4) is 0 Å². The molecule has 0 fully saturated rings. The zero-order chi connectivity index (χ0) is 33.3. The van der Waals surface area contributed by atoms with E-state index in [1.54, 1.807) is 0 Å².